The Morgan fingerprint density at radius 3 is 2.18 bits per heavy atom. The summed E-state index contributed by atoms with van der Waals surface area (Å²) < 4.78 is 4.21. The average molecular weight is 588 g/mol. The zero-order valence-corrected chi connectivity index (χ0v) is 23.5. The maximum absolute atomic E-state index is 14.0. The first-order valence-electron chi connectivity index (χ1n) is 13.2. The first-order valence-corrected chi connectivity index (χ1v) is 14.0. The number of carbonyl (C=O) groups is 1. The number of benzene rings is 2. The van der Waals surface area contributed by atoms with Crippen molar-refractivity contribution in [3.8, 4) is 5.69 Å². The van der Waals surface area contributed by atoms with Crippen molar-refractivity contribution >= 4 is 27.5 Å². The molecule has 0 saturated carbocycles. The number of hydrogen-bond acceptors (Lipinski definition) is 5. The molecule has 1 spiro atoms. The van der Waals surface area contributed by atoms with E-state index in [0.29, 0.717) is 24.2 Å². The maximum atomic E-state index is 14.0. The molecule has 9 heteroatoms. The van der Waals surface area contributed by atoms with E-state index >= 15 is 0 Å². The van der Waals surface area contributed by atoms with E-state index in [4.69, 9.17) is 0 Å². The molecule has 6 rings (SSSR count). The van der Waals surface area contributed by atoms with Crippen LogP contribution in [-0.4, -0.2) is 55.4 Å². The van der Waals surface area contributed by atoms with Crippen LogP contribution in [0.3, 0.4) is 0 Å². The van der Waals surface area contributed by atoms with Gasteiger partial charge in [0.15, 0.2) is 0 Å². The zero-order chi connectivity index (χ0) is 27.0. The number of pyridine rings is 1. The van der Waals surface area contributed by atoms with Gasteiger partial charge in [0, 0.05) is 51.3 Å². The number of nitrogens with zero attached hydrogens (tertiary/aromatic N) is 6. The van der Waals surface area contributed by atoms with E-state index in [2.05, 4.69) is 42.8 Å². The highest BCUT2D eigenvalue weighted by Gasteiger charge is 2.53. The number of anilines is 1. The Hall–Kier alpha value is -3.69. The Morgan fingerprint density at radius 2 is 1.54 bits per heavy atom. The predicted octanol–water partition coefficient (Wildman–Crippen LogP) is 4.17. The highest BCUT2D eigenvalue weighted by molar-refractivity contribution is 9.10. The van der Waals surface area contributed by atoms with Crippen LogP contribution < -0.4 is 10.5 Å². The number of amides is 1. The lowest BCUT2D eigenvalue weighted by Crippen LogP contribution is -2.56. The minimum atomic E-state index is -0.584. The molecular weight excluding hydrogens is 556 g/mol. The molecule has 2 aliphatic rings. The molecule has 0 radical (unpaired) electrons. The van der Waals surface area contributed by atoms with Crippen LogP contribution in [0.4, 0.5) is 5.69 Å². The summed E-state index contributed by atoms with van der Waals surface area (Å²) in [5.41, 5.74) is 3.20. The molecule has 200 valence electrons. The van der Waals surface area contributed by atoms with E-state index in [1.807, 2.05) is 83.5 Å². The van der Waals surface area contributed by atoms with E-state index in [1.54, 1.807) is 10.9 Å². The van der Waals surface area contributed by atoms with Gasteiger partial charge < -0.3 is 9.80 Å². The third kappa shape index (κ3) is 4.59. The second-order valence-electron chi connectivity index (χ2n) is 10.3. The van der Waals surface area contributed by atoms with Crippen LogP contribution in [0.25, 0.3) is 5.69 Å². The molecule has 2 aromatic carbocycles. The van der Waals surface area contributed by atoms with E-state index in [-0.39, 0.29) is 11.5 Å². The fourth-order valence-electron chi connectivity index (χ4n) is 5.97. The average Bonchev–Trinajstić information content (AvgIpc) is 3.35. The normalized spacial score (nSPS) is 17.3. The largest absolute Gasteiger partial charge is 0.339 e. The second kappa shape index (κ2) is 10.5. The lowest BCUT2D eigenvalue weighted by molar-refractivity contribution is -0.134. The Balaban J connectivity index is 1.24. The lowest BCUT2D eigenvalue weighted by atomic mass is 9.85. The van der Waals surface area contributed by atoms with Crippen molar-refractivity contribution in [3.63, 3.8) is 0 Å². The van der Waals surface area contributed by atoms with Gasteiger partial charge in [-0.05, 0) is 64.7 Å². The van der Waals surface area contributed by atoms with E-state index < -0.39 is 5.54 Å². The zero-order valence-electron chi connectivity index (χ0n) is 21.9. The molecule has 4 aromatic rings. The van der Waals surface area contributed by atoms with Gasteiger partial charge >= 0.3 is 0 Å². The van der Waals surface area contributed by atoms with Gasteiger partial charge in [0.2, 0.25) is 5.91 Å². The van der Waals surface area contributed by atoms with Gasteiger partial charge in [-0.1, -0.05) is 42.5 Å². The van der Waals surface area contributed by atoms with Crippen LogP contribution >= 0.6 is 15.9 Å². The Kier molecular flexibility index (Phi) is 6.86. The van der Waals surface area contributed by atoms with Crippen molar-refractivity contribution in [1.29, 1.82) is 0 Å². The summed E-state index contributed by atoms with van der Waals surface area (Å²) >= 11 is 3.57. The number of para-hydroxylation sites is 2. The fraction of sp³-hybridized carbons (Fsp3) is 0.300. The third-order valence-electron chi connectivity index (χ3n) is 8.06. The maximum Gasteiger partial charge on any atom is 0.286 e. The summed E-state index contributed by atoms with van der Waals surface area (Å²) in [5.74, 6) is 0.179. The van der Waals surface area contributed by atoms with E-state index in [1.165, 1.54) is 0 Å². The number of piperidine rings is 1. The second-order valence-corrected chi connectivity index (χ2v) is 11.1. The summed E-state index contributed by atoms with van der Waals surface area (Å²) in [5, 5.41) is 0. The van der Waals surface area contributed by atoms with Gasteiger partial charge in [-0.15, -0.1) is 0 Å². The number of carbonyl (C=O) groups excluding carboxylic acids is 1. The van der Waals surface area contributed by atoms with Crippen LogP contribution in [0.1, 0.15) is 24.1 Å². The van der Waals surface area contributed by atoms with Gasteiger partial charge in [0.05, 0.1) is 18.1 Å². The minimum Gasteiger partial charge on any atom is -0.339 e. The highest BCUT2D eigenvalue weighted by Crippen LogP contribution is 2.40. The van der Waals surface area contributed by atoms with Crippen LogP contribution in [-0.2, 0) is 24.9 Å². The van der Waals surface area contributed by atoms with Gasteiger partial charge in [-0.2, -0.15) is 0 Å². The van der Waals surface area contributed by atoms with Crippen molar-refractivity contribution in [2.75, 3.05) is 24.7 Å². The molecule has 39 heavy (non-hydrogen) atoms. The van der Waals surface area contributed by atoms with Gasteiger partial charge in [-0.3, -0.25) is 24.2 Å². The van der Waals surface area contributed by atoms with E-state index in [0.717, 1.165) is 48.6 Å². The van der Waals surface area contributed by atoms with E-state index in [9.17, 15) is 9.59 Å². The lowest BCUT2D eigenvalue weighted by Gasteiger charge is -2.43. The topological polar surface area (TPSA) is 66.6 Å². The molecule has 0 aliphatic carbocycles. The first kappa shape index (κ1) is 25.6. The molecule has 1 amide bonds. The Bertz CT molecular complexity index is 1510. The van der Waals surface area contributed by atoms with Crippen molar-refractivity contribution in [2.45, 2.75) is 31.5 Å². The molecule has 0 N–H and O–H groups in total. The SMILES string of the molecule is Cn1c(CN2CCC3(CC2)C(=O)N(Cc2cccnc2)CN3c2ccccc2)c(Br)c(=O)n1-c1ccccc1. The molecule has 4 heterocycles. The smallest absolute Gasteiger partial charge is 0.286 e. The Labute approximate surface area is 236 Å². The number of aromatic nitrogens is 3. The summed E-state index contributed by atoms with van der Waals surface area (Å²) in [6, 6.07) is 23.9. The van der Waals surface area contributed by atoms with Crippen molar-refractivity contribution in [1.82, 2.24) is 24.1 Å². The van der Waals surface area contributed by atoms with Crippen LogP contribution in [0.15, 0.2) is 94.5 Å². The molecule has 2 aliphatic heterocycles. The standard InChI is InChI=1S/C30H31BrN6O2/c1-33-26(27(31)28(38)37(33)25-12-6-3-7-13-25)21-34-17-14-30(15-18-34)29(39)35(20-23-9-8-16-32-19-23)22-36(30)24-10-4-2-5-11-24/h2-13,16,19H,14-15,17-18,20-22H2,1H3. The summed E-state index contributed by atoms with van der Waals surface area (Å²) in [6.07, 6.45) is 5.02. The van der Waals surface area contributed by atoms with Crippen molar-refractivity contribution in [3.05, 3.63) is 111 Å². The van der Waals surface area contributed by atoms with Gasteiger partial charge in [0.1, 0.15) is 10.0 Å². The molecular formula is C30H31BrN6O2. The summed E-state index contributed by atoms with van der Waals surface area (Å²) in [4.78, 5) is 38.0. The third-order valence-corrected chi connectivity index (χ3v) is 8.86. The fourth-order valence-corrected chi connectivity index (χ4v) is 6.52. The van der Waals surface area contributed by atoms with Crippen LogP contribution in [0.5, 0.6) is 0 Å². The minimum absolute atomic E-state index is 0.0700. The van der Waals surface area contributed by atoms with Crippen molar-refractivity contribution in [2.24, 2.45) is 7.05 Å². The predicted molar refractivity (Wildman–Crippen MR) is 155 cm³/mol. The molecule has 0 bridgehead atoms. The number of likely N-dealkylation sites (tertiary alicyclic amines) is 1. The van der Waals surface area contributed by atoms with Crippen LogP contribution in [0, 0.1) is 0 Å². The van der Waals surface area contributed by atoms with Gasteiger partial charge in [0.25, 0.3) is 5.56 Å². The molecule has 0 atom stereocenters. The molecule has 2 aromatic heterocycles. The Morgan fingerprint density at radius 1 is 0.872 bits per heavy atom. The van der Waals surface area contributed by atoms with Crippen molar-refractivity contribution < 1.29 is 4.79 Å². The molecule has 2 saturated heterocycles. The summed E-state index contributed by atoms with van der Waals surface area (Å²) in [7, 11) is 1.92. The number of halogens is 1. The van der Waals surface area contributed by atoms with Gasteiger partial charge in [-0.25, -0.2) is 4.68 Å². The highest BCUT2D eigenvalue weighted by atomic mass is 79.9. The summed E-state index contributed by atoms with van der Waals surface area (Å²) in [6.45, 7) is 3.24. The molecule has 0 unspecified atom stereocenters. The van der Waals surface area contributed by atoms with Crippen LogP contribution in [0.2, 0.25) is 0 Å². The number of hydrogen-bond donors (Lipinski definition) is 0. The number of rotatable bonds is 6. The monoisotopic (exact) mass is 586 g/mol. The quantitative estimate of drug-likeness (QED) is 0.339. The first-order chi connectivity index (χ1) is 19.0. The molecule has 2 fully saturated rings. The molecule has 8 nitrogen and oxygen atoms in total.